The lowest BCUT2D eigenvalue weighted by molar-refractivity contribution is -0.135. The molecular weight excluding hydrogens is 430 g/mol. The standard InChI is InChI=1S/C9H23N3.5C2H4O2/c1-8(11-7-6-10)9(2,3)12(4)5;5*1-2(3)4/h8,11H,6-7,10H2,1-5H3;5*1H3,(H,3,4). The van der Waals surface area contributed by atoms with E-state index in [1.807, 2.05) is 0 Å². The Bertz CT molecular complexity index is 420. The molecule has 0 fully saturated rings. The van der Waals surface area contributed by atoms with E-state index in [1.54, 1.807) is 0 Å². The van der Waals surface area contributed by atoms with E-state index in [0.29, 0.717) is 12.6 Å². The average Bonchev–Trinajstić information content (AvgIpc) is 2.49. The maximum absolute atomic E-state index is 9.00. The van der Waals surface area contributed by atoms with Crippen LogP contribution in [0.1, 0.15) is 55.4 Å². The van der Waals surface area contributed by atoms with Gasteiger partial charge in [-0.25, -0.2) is 0 Å². The predicted molar refractivity (Wildman–Crippen MR) is 121 cm³/mol. The summed E-state index contributed by atoms with van der Waals surface area (Å²) in [6, 6.07) is 0.455. The number of carboxylic acid groups (broad SMARTS) is 5. The van der Waals surface area contributed by atoms with Crippen LogP contribution in [0, 0.1) is 0 Å². The maximum Gasteiger partial charge on any atom is 0.300 e. The predicted octanol–water partition coefficient (Wildman–Crippen LogP) is 0.718. The number of nitrogens with zero attached hydrogens (tertiary/aromatic N) is 1. The molecule has 0 bridgehead atoms. The van der Waals surface area contributed by atoms with Crippen molar-refractivity contribution in [1.82, 2.24) is 10.2 Å². The van der Waals surface area contributed by atoms with Crippen molar-refractivity contribution in [2.75, 3.05) is 27.2 Å². The number of rotatable bonds is 5. The molecule has 0 radical (unpaired) electrons. The summed E-state index contributed by atoms with van der Waals surface area (Å²) in [5.41, 5.74) is 5.60. The zero-order valence-electron chi connectivity index (χ0n) is 20.8. The number of nitrogens with two attached hydrogens (primary N) is 1. The molecule has 0 saturated carbocycles. The minimum Gasteiger partial charge on any atom is -0.481 e. The van der Waals surface area contributed by atoms with Gasteiger partial charge in [-0.15, -0.1) is 0 Å². The first kappa shape index (κ1) is 43.2. The Morgan fingerprint density at radius 1 is 0.750 bits per heavy atom. The molecule has 1 atom stereocenters. The van der Waals surface area contributed by atoms with E-state index in [2.05, 4.69) is 45.1 Å². The molecule has 0 amide bonds. The third kappa shape index (κ3) is 107. The third-order valence-corrected chi connectivity index (χ3v) is 2.81. The molecule has 0 aliphatic carbocycles. The fourth-order valence-electron chi connectivity index (χ4n) is 0.937. The van der Waals surface area contributed by atoms with E-state index in [9.17, 15) is 0 Å². The normalized spacial score (nSPS) is 9.62. The molecule has 0 heterocycles. The Labute approximate surface area is 190 Å². The van der Waals surface area contributed by atoms with E-state index in [1.165, 1.54) is 0 Å². The van der Waals surface area contributed by atoms with Crippen molar-refractivity contribution in [3.8, 4) is 0 Å². The Morgan fingerprint density at radius 3 is 1.06 bits per heavy atom. The van der Waals surface area contributed by atoms with Gasteiger partial charge in [-0.1, -0.05) is 0 Å². The van der Waals surface area contributed by atoms with Crippen LogP contribution in [0.25, 0.3) is 0 Å². The lowest BCUT2D eigenvalue weighted by Crippen LogP contribution is -2.54. The zero-order valence-corrected chi connectivity index (χ0v) is 20.8. The van der Waals surface area contributed by atoms with Crippen LogP contribution in [0.2, 0.25) is 0 Å². The van der Waals surface area contributed by atoms with Crippen molar-refractivity contribution in [3.05, 3.63) is 0 Å². The molecule has 0 aliphatic rings. The summed E-state index contributed by atoms with van der Waals surface area (Å²) in [5, 5.41) is 40.5. The molecule has 0 aromatic heterocycles. The Kier molecular flexibility index (Phi) is 38.1. The number of aliphatic carboxylic acids is 5. The number of carboxylic acids is 5. The van der Waals surface area contributed by atoms with Gasteiger partial charge in [0, 0.05) is 59.3 Å². The fraction of sp³-hybridized carbons (Fsp3) is 0.737. The summed E-state index contributed by atoms with van der Waals surface area (Å²) in [6.07, 6.45) is 0. The topological polar surface area (TPSA) is 228 Å². The largest absolute Gasteiger partial charge is 0.481 e. The molecule has 0 aliphatic heterocycles. The molecular formula is C19H43N3O10. The van der Waals surface area contributed by atoms with Crippen LogP contribution in [0.4, 0.5) is 0 Å². The van der Waals surface area contributed by atoms with Gasteiger partial charge < -0.3 is 41.5 Å². The first-order valence-corrected chi connectivity index (χ1v) is 9.17. The molecule has 0 saturated heterocycles. The molecule has 0 spiro atoms. The van der Waals surface area contributed by atoms with Crippen LogP contribution in [0.15, 0.2) is 0 Å². The van der Waals surface area contributed by atoms with Gasteiger partial charge >= 0.3 is 0 Å². The summed E-state index contributed by atoms with van der Waals surface area (Å²) in [7, 11) is 4.20. The van der Waals surface area contributed by atoms with Gasteiger partial charge in [0.15, 0.2) is 0 Å². The SMILES string of the molecule is CC(=O)O.CC(=O)O.CC(=O)O.CC(=O)O.CC(=O)O.CC(NCCN)C(C)(C)N(C)C. The molecule has 32 heavy (non-hydrogen) atoms. The van der Waals surface area contributed by atoms with Crippen LogP contribution in [-0.4, -0.2) is 99.0 Å². The van der Waals surface area contributed by atoms with E-state index < -0.39 is 29.8 Å². The second-order valence-corrected chi connectivity index (χ2v) is 6.61. The van der Waals surface area contributed by atoms with Gasteiger partial charge in [0.05, 0.1) is 0 Å². The van der Waals surface area contributed by atoms with Gasteiger partial charge in [0.25, 0.3) is 29.8 Å². The minimum absolute atomic E-state index is 0.176. The summed E-state index contributed by atoms with van der Waals surface area (Å²) in [5.74, 6) is -4.17. The van der Waals surface area contributed by atoms with E-state index in [4.69, 9.17) is 55.2 Å². The van der Waals surface area contributed by atoms with E-state index >= 15 is 0 Å². The van der Waals surface area contributed by atoms with Crippen LogP contribution in [0.3, 0.4) is 0 Å². The summed E-state index contributed by atoms with van der Waals surface area (Å²) >= 11 is 0. The molecule has 13 heteroatoms. The molecule has 194 valence electrons. The van der Waals surface area contributed by atoms with Crippen molar-refractivity contribution in [2.24, 2.45) is 5.73 Å². The van der Waals surface area contributed by atoms with Gasteiger partial charge in [-0.2, -0.15) is 0 Å². The highest BCUT2D eigenvalue weighted by Crippen LogP contribution is 2.14. The maximum atomic E-state index is 9.00. The highest BCUT2D eigenvalue weighted by atomic mass is 16.4. The molecule has 0 aromatic rings. The molecule has 13 nitrogen and oxygen atoms in total. The number of carbonyl (C=O) groups is 5. The summed E-state index contributed by atoms with van der Waals surface area (Å²) < 4.78 is 0. The Balaban J connectivity index is -0.0000000706. The van der Waals surface area contributed by atoms with E-state index in [0.717, 1.165) is 41.2 Å². The fourth-order valence-corrected chi connectivity index (χ4v) is 0.937. The van der Waals surface area contributed by atoms with Crippen LogP contribution < -0.4 is 11.1 Å². The number of hydrogen-bond donors (Lipinski definition) is 7. The second-order valence-electron chi connectivity index (χ2n) is 6.61. The molecule has 0 rings (SSSR count). The smallest absolute Gasteiger partial charge is 0.300 e. The quantitative estimate of drug-likeness (QED) is 0.292. The lowest BCUT2D eigenvalue weighted by atomic mass is 9.95. The van der Waals surface area contributed by atoms with Crippen LogP contribution >= 0.6 is 0 Å². The van der Waals surface area contributed by atoms with Gasteiger partial charge in [0.2, 0.25) is 0 Å². The van der Waals surface area contributed by atoms with Gasteiger partial charge in [0.1, 0.15) is 0 Å². The van der Waals surface area contributed by atoms with Gasteiger partial charge in [-0.3, -0.25) is 24.0 Å². The lowest BCUT2D eigenvalue weighted by Gasteiger charge is -2.38. The van der Waals surface area contributed by atoms with E-state index in [-0.39, 0.29) is 5.54 Å². The van der Waals surface area contributed by atoms with Crippen molar-refractivity contribution in [3.63, 3.8) is 0 Å². The highest BCUT2D eigenvalue weighted by molar-refractivity contribution is 5.63. The number of nitrogens with one attached hydrogen (secondary N) is 1. The van der Waals surface area contributed by atoms with Gasteiger partial charge in [-0.05, 0) is 34.9 Å². The first-order chi connectivity index (χ1) is 14.1. The number of likely N-dealkylation sites (N-methyl/N-ethyl adjacent to an activating group) is 1. The number of hydrogen-bond acceptors (Lipinski definition) is 8. The Hall–Kier alpha value is -2.77. The minimum atomic E-state index is -0.833. The first-order valence-electron chi connectivity index (χ1n) is 9.17. The van der Waals surface area contributed by atoms with Crippen molar-refractivity contribution in [2.45, 2.75) is 67.0 Å². The molecule has 0 aromatic carbocycles. The monoisotopic (exact) mass is 473 g/mol. The van der Waals surface area contributed by atoms with Crippen molar-refractivity contribution in [1.29, 1.82) is 0 Å². The molecule has 1 unspecified atom stereocenters. The van der Waals surface area contributed by atoms with Crippen LogP contribution in [-0.2, 0) is 24.0 Å². The Morgan fingerprint density at radius 2 is 0.938 bits per heavy atom. The van der Waals surface area contributed by atoms with Crippen molar-refractivity contribution >= 4 is 29.8 Å². The molecule has 8 N–H and O–H groups in total. The zero-order chi connectivity index (χ0) is 27.7. The average molecular weight is 474 g/mol. The highest BCUT2D eigenvalue weighted by Gasteiger charge is 2.27. The van der Waals surface area contributed by atoms with Crippen molar-refractivity contribution < 1.29 is 49.5 Å². The third-order valence-electron chi connectivity index (χ3n) is 2.81. The second kappa shape index (κ2) is 28.2. The van der Waals surface area contributed by atoms with Crippen LogP contribution in [0.5, 0.6) is 0 Å². The summed E-state index contributed by atoms with van der Waals surface area (Å²) in [4.78, 5) is 47.2. The summed E-state index contributed by atoms with van der Waals surface area (Å²) in [6.45, 7) is 13.6.